The Balaban J connectivity index is 1.50. The SMILES string of the molecule is CC1CC1N1CC(NC(=O)[C@@H](N)Cc2ccccc2)CC1=O. The van der Waals surface area contributed by atoms with Crippen molar-refractivity contribution in [1.82, 2.24) is 10.2 Å². The molecule has 4 atom stereocenters. The number of hydrogen-bond acceptors (Lipinski definition) is 3. The van der Waals surface area contributed by atoms with E-state index in [4.69, 9.17) is 5.73 Å². The lowest BCUT2D eigenvalue weighted by Gasteiger charge is -2.18. The Morgan fingerprint density at radius 1 is 1.41 bits per heavy atom. The standard InChI is InChI=1S/C17H23N3O2/c1-11-7-15(11)20-10-13(9-16(20)21)19-17(22)14(18)8-12-5-3-2-4-6-12/h2-6,11,13-15H,7-10,18H2,1H3,(H,19,22)/t11?,13?,14-,15?/m0/s1. The van der Waals surface area contributed by atoms with Crippen LogP contribution in [0.15, 0.2) is 30.3 Å². The lowest BCUT2D eigenvalue weighted by atomic mass is 10.1. The fraction of sp³-hybridized carbons (Fsp3) is 0.529. The minimum absolute atomic E-state index is 0.102. The molecule has 5 nitrogen and oxygen atoms in total. The monoisotopic (exact) mass is 301 g/mol. The van der Waals surface area contributed by atoms with Crippen LogP contribution in [0.4, 0.5) is 0 Å². The molecule has 0 aromatic heterocycles. The van der Waals surface area contributed by atoms with Crippen molar-refractivity contribution in [3.05, 3.63) is 35.9 Å². The van der Waals surface area contributed by atoms with Crippen LogP contribution in [-0.4, -0.2) is 41.4 Å². The molecule has 118 valence electrons. The molecule has 3 rings (SSSR count). The molecule has 1 aliphatic carbocycles. The summed E-state index contributed by atoms with van der Waals surface area (Å²) in [6.45, 7) is 2.78. The normalized spacial score (nSPS) is 28.5. The summed E-state index contributed by atoms with van der Waals surface area (Å²) in [5, 5.41) is 2.93. The molecule has 22 heavy (non-hydrogen) atoms. The number of nitrogens with two attached hydrogens (primary N) is 1. The highest BCUT2D eigenvalue weighted by Crippen LogP contribution is 2.37. The van der Waals surface area contributed by atoms with Crippen LogP contribution < -0.4 is 11.1 Å². The fourth-order valence-corrected chi connectivity index (χ4v) is 3.15. The van der Waals surface area contributed by atoms with Crippen molar-refractivity contribution in [3.63, 3.8) is 0 Å². The molecule has 5 heteroatoms. The highest BCUT2D eigenvalue weighted by atomic mass is 16.2. The van der Waals surface area contributed by atoms with Gasteiger partial charge in [0.05, 0.1) is 12.1 Å². The highest BCUT2D eigenvalue weighted by molar-refractivity contribution is 5.85. The van der Waals surface area contributed by atoms with Gasteiger partial charge in [-0.25, -0.2) is 0 Å². The first-order valence-electron chi connectivity index (χ1n) is 7.94. The Morgan fingerprint density at radius 2 is 2.09 bits per heavy atom. The Kier molecular flexibility index (Phi) is 4.16. The third-order valence-electron chi connectivity index (χ3n) is 4.61. The highest BCUT2D eigenvalue weighted by Gasteiger charge is 2.44. The summed E-state index contributed by atoms with van der Waals surface area (Å²) in [7, 11) is 0. The van der Waals surface area contributed by atoms with Crippen LogP contribution in [0, 0.1) is 5.92 Å². The molecule has 0 bridgehead atoms. The number of carbonyl (C=O) groups excluding carboxylic acids is 2. The maximum absolute atomic E-state index is 12.2. The predicted octanol–water partition coefficient (Wildman–Crippen LogP) is 0.682. The molecule has 0 spiro atoms. The number of amides is 2. The molecule has 2 amide bonds. The number of carbonyl (C=O) groups is 2. The summed E-state index contributed by atoms with van der Waals surface area (Å²) in [5.74, 6) is 0.572. The van der Waals surface area contributed by atoms with Crippen LogP contribution in [0.2, 0.25) is 0 Å². The van der Waals surface area contributed by atoms with Gasteiger partial charge in [0.2, 0.25) is 11.8 Å². The van der Waals surface area contributed by atoms with Gasteiger partial charge in [-0.15, -0.1) is 0 Å². The first kappa shape index (κ1) is 15.0. The van der Waals surface area contributed by atoms with Gasteiger partial charge in [0.25, 0.3) is 0 Å². The predicted molar refractivity (Wildman–Crippen MR) is 84.0 cm³/mol. The van der Waals surface area contributed by atoms with Crippen LogP contribution in [0.3, 0.4) is 0 Å². The van der Waals surface area contributed by atoms with E-state index in [2.05, 4.69) is 12.2 Å². The van der Waals surface area contributed by atoms with E-state index in [-0.39, 0.29) is 17.9 Å². The molecule has 2 aliphatic rings. The molecule has 0 radical (unpaired) electrons. The number of nitrogens with one attached hydrogen (secondary N) is 1. The Labute approximate surface area is 130 Å². The number of hydrogen-bond donors (Lipinski definition) is 2. The van der Waals surface area contributed by atoms with E-state index < -0.39 is 6.04 Å². The number of likely N-dealkylation sites (tertiary alicyclic amines) is 1. The summed E-state index contributed by atoms with van der Waals surface area (Å²) in [4.78, 5) is 26.1. The summed E-state index contributed by atoms with van der Waals surface area (Å²) in [6.07, 6.45) is 1.99. The lowest BCUT2D eigenvalue weighted by molar-refractivity contribution is -0.128. The van der Waals surface area contributed by atoms with Gasteiger partial charge >= 0.3 is 0 Å². The molecule has 3 N–H and O–H groups in total. The zero-order valence-electron chi connectivity index (χ0n) is 12.9. The second-order valence-corrected chi connectivity index (χ2v) is 6.53. The minimum Gasteiger partial charge on any atom is -0.350 e. The second kappa shape index (κ2) is 6.08. The third kappa shape index (κ3) is 3.30. The molecule has 1 saturated heterocycles. The maximum Gasteiger partial charge on any atom is 0.237 e. The molecular formula is C17H23N3O2. The number of rotatable bonds is 5. The van der Waals surface area contributed by atoms with Crippen LogP contribution in [-0.2, 0) is 16.0 Å². The van der Waals surface area contributed by atoms with Crippen molar-refractivity contribution in [3.8, 4) is 0 Å². The van der Waals surface area contributed by atoms with Gasteiger partial charge in [0.15, 0.2) is 0 Å². The molecule has 1 aromatic carbocycles. The third-order valence-corrected chi connectivity index (χ3v) is 4.61. The molecule has 1 heterocycles. The minimum atomic E-state index is -0.577. The van der Waals surface area contributed by atoms with Crippen LogP contribution >= 0.6 is 0 Å². The van der Waals surface area contributed by atoms with E-state index >= 15 is 0 Å². The van der Waals surface area contributed by atoms with Crippen LogP contribution in [0.5, 0.6) is 0 Å². The van der Waals surface area contributed by atoms with Gasteiger partial charge in [-0.1, -0.05) is 37.3 Å². The van der Waals surface area contributed by atoms with Gasteiger partial charge in [0.1, 0.15) is 0 Å². The van der Waals surface area contributed by atoms with Crippen LogP contribution in [0.1, 0.15) is 25.3 Å². The van der Waals surface area contributed by atoms with E-state index in [0.717, 1.165) is 12.0 Å². The van der Waals surface area contributed by atoms with E-state index in [1.807, 2.05) is 35.2 Å². The first-order chi connectivity index (χ1) is 10.5. The molecule has 1 saturated carbocycles. The molecule has 2 fully saturated rings. The summed E-state index contributed by atoms with van der Waals surface area (Å²) in [6, 6.07) is 9.43. The van der Waals surface area contributed by atoms with Gasteiger partial charge < -0.3 is 16.0 Å². The van der Waals surface area contributed by atoms with Gasteiger partial charge in [-0.3, -0.25) is 9.59 Å². The molecule has 3 unspecified atom stereocenters. The summed E-state index contributed by atoms with van der Waals surface area (Å²) >= 11 is 0. The maximum atomic E-state index is 12.2. The van der Waals surface area contributed by atoms with E-state index in [9.17, 15) is 9.59 Å². The van der Waals surface area contributed by atoms with Crippen molar-refractivity contribution < 1.29 is 9.59 Å². The molecule has 1 aliphatic heterocycles. The summed E-state index contributed by atoms with van der Waals surface area (Å²) < 4.78 is 0. The molecular weight excluding hydrogens is 278 g/mol. The Bertz CT molecular complexity index is 560. The topological polar surface area (TPSA) is 75.4 Å². The zero-order valence-corrected chi connectivity index (χ0v) is 12.9. The van der Waals surface area contributed by atoms with Gasteiger partial charge in [-0.2, -0.15) is 0 Å². The molecule has 1 aromatic rings. The Hall–Kier alpha value is -1.88. The van der Waals surface area contributed by atoms with E-state index in [0.29, 0.717) is 31.3 Å². The largest absolute Gasteiger partial charge is 0.350 e. The average molecular weight is 301 g/mol. The first-order valence-corrected chi connectivity index (χ1v) is 7.94. The number of benzene rings is 1. The second-order valence-electron chi connectivity index (χ2n) is 6.53. The van der Waals surface area contributed by atoms with Crippen LogP contribution in [0.25, 0.3) is 0 Å². The van der Waals surface area contributed by atoms with Crippen molar-refractivity contribution in [2.45, 2.75) is 44.3 Å². The quantitative estimate of drug-likeness (QED) is 0.840. The zero-order chi connectivity index (χ0) is 15.7. The van der Waals surface area contributed by atoms with Crippen molar-refractivity contribution in [1.29, 1.82) is 0 Å². The fourth-order valence-electron chi connectivity index (χ4n) is 3.15. The van der Waals surface area contributed by atoms with Crippen molar-refractivity contribution in [2.75, 3.05) is 6.54 Å². The van der Waals surface area contributed by atoms with Crippen molar-refractivity contribution in [2.24, 2.45) is 11.7 Å². The smallest absolute Gasteiger partial charge is 0.237 e. The Morgan fingerprint density at radius 3 is 2.73 bits per heavy atom. The van der Waals surface area contributed by atoms with E-state index in [1.165, 1.54) is 0 Å². The van der Waals surface area contributed by atoms with Gasteiger partial charge in [-0.05, 0) is 24.3 Å². The summed E-state index contributed by atoms with van der Waals surface area (Å²) in [5.41, 5.74) is 7.02. The van der Waals surface area contributed by atoms with Crippen molar-refractivity contribution >= 4 is 11.8 Å². The average Bonchev–Trinajstić information content (AvgIpc) is 3.10. The lowest BCUT2D eigenvalue weighted by Crippen LogP contribution is -2.47. The number of nitrogens with zero attached hydrogens (tertiary/aromatic N) is 1. The van der Waals surface area contributed by atoms with Gasteiger partial charge in [0, 0.05) is 19.0 Å². The van der Waals surface area contributed by atoms with E-state index in [1.54, 1.807) is 0 Å².